The Labute approximate surface area is 180 Å². The molecule has 0 spiro atoms. The number of benzene rings is 2. The number of carbonyl (C=O) groups is 1. The summed E-state index contributed by atoms with van der Waals surface area (Å²) in [6.45, 7) is 0.133. The first-order chi connectivity index (χ1) is 15.2. The number of nitrogens with zero attached hydrogens (tertiary/aromatic N) is 2. The molecule has 1 aromatic heterocycles. The van der Waals surface area contributed by atoms with Crippen LogP contribution >= 0.6 is 0 Å². The monoisotopic (exact) mass is 452 g/mol. The highest BCUT2D eigenvalue weighted by molar-refractivity contribution is 5.73. The summed E-state index contributed by atoms with van der Waals surface area (Å²) in [5, 5.41) is 0. The summed E-state index contributed by atoms with van der Waals surface area (Å²) in [6.07, 6.45) is -0.976. The third-order valence-electron chi connectivity index (χ3n) is 4.65. The minimum atomic E-state index is -4.27. The molecular formula is C22H20F4N2O4. The van der Waals surface area contributed by atoms with Gasteiger partial charge in [-0.2, -0.15) is 8.78 Å². The van der Waals surface area contributed by atoms with E-state index in [-0.39, 0.29) is 12.4 Å². The molecule has 0 unspecified atom stereocenters. The van der Waals surface area contributed by atoms with E-state index < -0.39 is 36.7 Å². The molecule has 0 aliphatic carbocycles. The molecule has 1 heterocycles. The van der Waals surface area contributed by atoms with E-state index in [0.717, 1.165) is 5.56 Å². The van der Waals surface area contributed by atoms with E-state index in [0.29, 0.717) is 5.69 Å². The van der Waals surface area contributed by atoms with Gasteiger partial charge in [-0.05, 0) is 36.8 Å². The van der Waals surface area contributed by atoms with Crippen molar-refractivity contribution in [2.45, 2.75) is 31.9 Å². The van der Waals surface area contributed by atoms with Crippen molar-refractivity contribution in [3.8, 4) is 11.4 Å². The van der Waals surface area contributed by atoms with Gasteiger partial charge >= 0.3 is 24.0 Å². The summed E-state index contributed by atoms with van der Waals surface area (Å²) in [5.41, 5.74) is 0.658. The highest BCUT2D eigenvalue weighted by atomic mass is 19.3. The Balaban J connectivity index is 1.66. The largest absolute Gasteiger partial charge is 0.487 e. The maximum atomic E-state index is 13.0. The molecule has 0 amide bonds. The van der Waals surface area contributed by atoms with Gasteiger partial charge in [-0.25, -0.2) is 18.4 Å². The van der Waals surface area contributed by atoms with Crippen LogP contribution in [-0.2, 0) is 16.1 Å². The number of rotatable bonds is 9. The number of halogens is 4. The fourth-order valence-electron chi connectivity index (χ4n) is 2.79. The molecule has 0 saturated heterocycles. The van der Waals surface area contributed by atoms with Crippen molar-refractivity contribution < 1.29 is 31.8 Å². The fourth-order valence-corrected chi connectivity index (χ4v) is 2.79. The molecule has 0 bridgehead atoms. The second kappa shape index (κ2) is 9.71. The van der Waals surface area contributed by atoms with E-state index in [1.807, 2.05) is 30.3 Å². The summed E-state index contributed by atoms with van der Waals surface area (Å²) in [6, 6.07) is 13.6. The van der Waals surface area contributed by atoms with Crippen LogP contribution in [0.15, 0.2) is 71.8 Å². The molecule has 10 heteroatoms. The van der Waals surface area contributed by atoms with Crippen LogP contribution in [0.4, 0.5) is 17.6 Å². The summed E-state index contributed by atoms with van der Waals surface area (Å²) >= 11 is 0. The van der Waals surface area contributed by atoms with Gasteiger partial charge < -0.3 is 9.47 Å². The number of imidazole rings is 1. The van der Waals surface area contributed by atoms with Crippen LogP contribution in [0, 0.1) is 0 Å². The first-order valence-corrected chi connectivity index (χ1v) is 9.58. The van der Waals surface area contributed by atoms with Crippen LogP contribution in [0.5, 0.6) is 5.75 Å². The van der Waals surface area contributed by atoms with Gasteiger partial charge in [0, 0.05) is 12.4 Å². The van der Waals surface area contributed by atoms with E-state index in [1.165, 1.54) is 52.7 Å². The van der Waals surface area contributed by atoms with Crippen LogP contribution in [0.1, 0.15) is 18.5 Å². The van der Waals surface area contributed by atoms with Crippen LogP contribution in [0.2, 0.25) is 0 Å². The second-order valence-electron chi connectivity index (χ2n) is 6.97. The van der Waals surface area contributed by atoms with E-state index in [1.54, 1.807) is 0 Å². The number of ether oxygens (including phenoxy) is 2. The molecule has 3 aromatic rings. The first kappa shape index (κ1) is 23.1. The Morgan fingerprint density at radius 3 is 2.31 bits per heavy atom. The van der Waals surface area contributed by atoms with Crippen LogP contribution < -0.4 is 10.4 Å². The highest BCUT2D eigenvalue weighted by Crippen LogP contribution is 2.24. The SMILES string of the molecule is C[C@H](C(=O)OCc1ccccc1)n1ccn(-c2ccc(OCC(F)(F)C(F)F)cc2)c1=O. The standard InChI is InChI=1S/C22H20F4N2O4/c1-15(19(29)31-13-16-5-3-2-4-6-16)27-11-12-28(21(27)30)17-7-9-18(10-8-17)32-14-22(25,26)20(23)24/h2-12,15,20H,13-14H2,1H3/t15-/m1/s1. The Kier molecular flexibility index (Phi) is 7.01. The Morgan fingerprint density at radius 2 is 1.69 bits per heavy atom. The van der Waals surface area contributed by atoms with Gasteiger partial charge in [0.25, 0.3) is 0 Å². The Morgan fingerprint density at radius 1 is 1.03 bits per heavy atom. The zero-order chi connectivity index (χ0) is 23.3. The fraction of sp³-hybridized carbons (Fsp3) is 0.273. The molecule has 0 aliphatic heterocycles. The number of hydrogen-bond donors (Lipinski definition) is 0. The zero-order valence-corrected chi connectivity index (χ0v) is 17.0. The second-order valence-corrected chi connectivity index (χ2v) is 6.97. The van der Waals surface area contributed by atoms with Gasteiger partial charge in [-0.1, -0.05) is 30.3 Å². The predicted octanol–water partition coefficient (Wildman–Crippen LogP) is 4.22. The maximum Gasteiger partial charge on any atom is 0.340 e. The van der Waals surface area contributed by atoms with Gasteiger partial charge in [0.2, 0.25) is 0 Å². The van der Waals surface area contributed by atoms with Crippen LogP contribution in [0.25, 0.3) is 5.69 Å². The Hall–Kier alpha value is -3.56. The van der Waals surface area contributed by atoms with E-state index in [4.69, 9.17) is 9.47 Å². The molecule has 6 nitrogen and oxygen atoms in total. The van der Waals surface area contributed by atoms with Crippen molar-refractivity contribution in [2.75, 3.05) is 6.61 Å². The van der Waals surface area contributed by atoms with Gasteiger partial charge in [0.05, 0.1) is 5.69 Å². The van der Waals surface area contributed by atoms with Crippen molar-refractivity contribution in [1.82, 2.24) is 9.13 Å². The molecule has 1 atom stereocenters. The lowest BCUT2D eigenvalue weighted by molar-refractivity contribution is -0.148. The molecule has 0 aliphatic rings. The average Bonchev–Trinajstić information content (AvgIpc) is 3.17. The third kappa shape index (κ3) is 5.37. The molecule has 3 rings (SSSR count). The van der Waals surface area contributed by atoms with Gasteiger partial charge in [-0.15, -0.1) is 0 Å². The van der Waals surface area contributed by atoms with Gasteiger partial charge in [-0.3, -0.25) is 9.13 Å². The van der Waals surface area contributed by atoms with Crippen LogP contribution in [-0.4, -0.2) is 34.1 Å². The minimum absolute atomic E-state index is 0.0561. The molecule has 2 aromatic carbocycles. The molecule has 0 radical (unpaired) electrons. The normalized spacial score (nSPS) is 12.6. The first-order valence-electron chi connectivity index (χ1n) is 9.58. The summed E-state index contributed by atoms with van der Waals surface area (Å²) < 4.78 is 62.7. The van der Waals surface area contributed by atoms with E-state index >= 15 is 0 Å². The molecule has 0 N–H and O–H groups in total. The summed E-state index contributed by atoms with van der Waals surface area (Å²) in [7, 11) is 0. The molecule has 0 saturated carbocycles. The van der Waals surface area contributed by atoms with Gasteiger partial charge in [0.15, 0.2) is 6.61 Å². The van der Waals surface area contributed by atoms with E-state index in [2.05, 4.69) is 0 Å². The van der Waals surface area contributed by atoms with Crippen LogP contribution in [0.3, 0.4) is 0 Å². The molecule has 170 valence electrons. The molecule has 0 fully saturated rings. The number of carbonyl (C=O) groups excluding carboxylic acids is 1. The van der Waals surface area contributed by atoms with Crippen molar-refractivity contribution in [3.63, 3.8) is 0 Å². The number of aromatic nitrogens is 2. The quantitative estimate of drug-likeness (QED) is 0.360. The topological polar surface area (TPSA) is 62.5 Å². The van der Waals surface area contributed by atoms with E-state index in [9.17, 15) is 27.2 Å². The van der Waals surface area contributed by atoms with Crippen molar-refractivity contribution >= 4 is 5.97 Å². The summed E-state index contributed by atoms with van der Waals surface area (Å²) in [4.78, 5) is 25.0. The van der Waals surface area contributed by atoms with Gasteiger partial charge in [0.1, 0.15) is 18.4 Å². The maximum absolute atomic E-state index is 13.0. The minimum Gasteiger partial charge on any atom is -0.487 e. The molecular weight excluding hydrogens is 432 g/mol. The number of esters is 1. The molecule has 32 heavy (non-hydrogen) atoms. The Bertz CT molecular complexity index is 1100. The smallest absolute Gasteiger partial charge is 0.340 e. The number of alkyl halides is 4. The third-order valence-corrected chi connectivity index (χ3v) is 4.65. The number of hydrogen-bond acceptors (Lipinski definition) is 4. The summed E-state index contributed by atoms with van der Waals surface area (Å²) in [5.74, 6) is -4.91. The average molecular weight is 452 g/mol. The van der Waals surface area contributed by atoms with Crippen molar-refractivity contribution in [1.29, 1.82) is 0 Å². The lowest BCUT2D eigenvalue weighted by Crippen LogP contribution is -2.33. The predicted molar refractivity (Wildman–Crippen MR) is 107 cm³/mol. The van der Waals surface area contributed by atoms with Crippen molar-refractivity contribution in [2.24, 2.45) is 0 Å². The zero-order valence-electron chi connectivity index (χ0n) is 17.0. The van der Waals surface area contributed by atoms with Crippen molar-refractivity contribution in [3.05, 3.63) is 83.0 Å². The lowest BCUT2D eigenvalue weighted by Gasteiger charge is -2.16. The lowest BCUT2D eigenvalue weighted by atomic mass is 10.2. The highest BCUT2D eigenvalue weighted by Gasteiger charge is 2.41.